The molecule has 0 atom stereocenters. The number of hydrogen-bond acceptors (Lipinski definition) is 5. The molecule has 0 aliphatic heterocycles. The molecule has 11 aromatic carbocycles. The van der Waals surface area contributed by atoms with Gasteiger partial charge in [-0.05, 0) is 95.0 Å². The lowest BCUT2D eigenvalue weighted by molar-refractivity contribution is 0.666. The van der Waals surface area contributed by atoms with Gasteiger partial charge in [0, 0.05) is 70.9 Å². The molecule has 16 aromatic rings. The second-order valence-corrected chi connectivity index (χ2v) is 18.7. The fourth-order valence-corrected chi connectivity index (χ4v) is 11.5. The summed E-state index contributed by atoms with van der Waals surface area (Å²) in [5, 5.41) is 13.3. The lowest BCUT2D eigenvalue weighted by Crippen LogP contribution is -2.02. The Balaban J connectivity index is 0.984. The highest BCUT2D eigenvalue weighted by Crippen LogP contribution is 2.45. The highest BCUT2D eigenvalue weighted by Gasteiger charge is 2.25. The van der Waals surface area contributed by atoms with Crippen molar-refractivity contribution in [3.63, 3.8) is 0 Å². The standard InChI is InChI=1S/C65H37N5O2/c1-2-17-43(18-3-1)69-53-23-11-8-20-45(53)46-29-27-42(37-55(46)69)64-66-63(41-28-33-59-52(35-41)47-21-9-12-24-57(47)71-59)67-65(68-64)50-31-32-54(62-60(50)49-22-10-13-25-58(49)72-62)70-56-36-40-16-5-4-15-39(40)34-51(56)48-30-26-38-14-6-7-19-44(38)61(48)70/h1-37H. The Hall–Kier alpha value is -9.85. The maximum Gasteiger partial charge on any atom is 0.164 e. The van der Waals surface area contributed by atoms with E-state index in [1.165, 1.54) is 37.7 Å². The van der Waals surface area contributed by atoms with E-state index < -0.39 is 0 Å². The molecule has 0 bridgehead atoms. The van der Waals surface area contributed by atoms with Gasteiger partial charge in [-0.1, -0.05) is 146 Å². The van der Waals surface area contributed by atoms with Gasteiger partial charge in [0.05, 0.1) is 27.8 Å². The molecule has 0 saturated heterocycles. The first-order valence-corrected chi connectivity index (χ1v) is 24.2. The lowest BCUT2D eigenvalue weighted by Gasteiger charge is -2.14. The highest BCUT2D eigenvalue weighted by atomic mass is 16.3. The number of furan rings is 2. The molecule has 72 heavy (non-hydrogen) atoms. The van der Waals surface area contributed by atoms with Crippen molar-refractivity contribution in [2.24, 2.45) is 0 Å². The summed E-state index contributed by atoms with van der Waals surface area (Å²) in [6.45, 7) is 0. The lowest BCUT2D eigenvalue weighted by atomic mass is 10.0. The van der Waals surface area contributed by atoms with Gasteiger partial charge < -0.3 is 18.0 Å². The summed E-state index contributed by atoms with van der Waals surface area (Å²) in [4.78, 5) is 16.3. The molecule has 5 aromatic heterocycles. The van der Waals surface area contributed by atoms with Crippen molar-refractivity contribution in [2.45, 2.75) is 0 Å². The van der Waals surface area contributed by atoms with Gasteiger partial charge in [0.15, 0.2) is 23.1 Å². The van der Waals surface area contributed by atoms with Crippen molar-refractivity contribution in [1.82, 2.24) is 24.1 Å². The van der Waals surface area contributed by atoms with Crippen molar-refractivity contribution >= 4 is 109 Å². The van der Waals surface area contributed by atoms with Crippen LogP contribution in [0, 0.1) is 0 Å². The molecule has 334 valence electrons. The summed E-state index contributed by atoms with van der Waals surface area (Å²) in [6, 6.07) is 79.1. The van der Waals surface area contributed by atoms with Crippen LogP contribution in [0.2, 0.25) is 0 Å². The highest BCUT2D eigenvalue weighted by molar-refractivity contribution is 6.22. The minimum Gasteiger partial charge on any atom is -0.456 e. The van der Waals surface area contributed by atoms with Gasteiger partial charge in [-0.25, -0.2) is 15.0 Å². The Labute approximate surface area is 410 Å². The maximum atomic E-state index is 7.10. The number of hydrogen-bond donors (Lipinski definition) is 0. The number of nitrogens with zero attached hydrogens (tertiary/aromatic N) is 5. The Kier molecular flexibility index (Phi) is 8.04. The fourth-order valence-electron chi connectivity index (χ4n) is 11.5. The molecule has 0 spiro atoms. The third kappa shape index (κ3) is 5.64. The SMILES string of the molecule is c1ccc(-n2c3ccccc3c3ccc(-c4nc(-c5ccc6oc7ccccc7c6c5)nc(-c5ccc(-n6c7cc8ccccc8cc7c7ccc8ccccc8c76)c6oc7ccccc7c56)n4)cc32)cc1. The van der Waals surface area contributed by atoms with E-state index in [4.69, 9.17) is 23.8 Å². The molecule has 5 heterocycles. The summed E-state index contributed by atoms with van der Waals surface area (Å²) in [7, 11) is 0. The number of fused-ring (bicyclic) bond motifs is 15. The molecule has 0 radical (unpaired) electrons. The molecule has 7 heteroatoms. The third-order valence-electron chi connectivity index (χ3n) is 14.7. The van der Waals surface area contributed by atoms with Gasteiger partial charge in [0.2, 0.25) is 0 Å². The summed E-state index contributed by atoms with van der Waals surface area (Å²) in [6.07, 6.45) is 0. The third-order valence-corrected chi connectivity index (χ3v) is 14.7. The van der Waals surface area contributed by atoms with Crippen LogP contribution in [-0.4, -0.2) is 24.1 Å². The van der Waals surface area contributed by atoms with Gasteiger partial charge in [-0.15, -0.1) is 0 Å². The molecule has 0 aliphatic carbocycles. The van der Waals surface area contributed by atoms with Crippen LogP contribution >= 0.6 is 0 Å². The Morgan fingerprint density at radius 2 is 0.917 bits per heavy atom. The summed E-state index contributed by atoms with van der Waals surface area (Å²) >= 11 is 0. The number of rotatable bonds is 5. The predicted octanol–water partition coefficient (Wildman–Crippen LogP) is 17.2. The molecular formula is C65H37N5O2. The van der Waals surface area contributed by atoms with Crippen LogP contribution < -0.4 is 0 Å². The molecule has 16 rings (SSSR count). The molecule has 0 saturated carbocycles. The number of para-hydroxylation sites is 4. The van der Waals surface area contributed by atoms with Crippen LogP contribution in [0.15, 0.2) is 233 Å². The van der Waals surface area contributed by atoms with Crippen LogP contribution in [-0.2, 0) is 0 Å². The van der Waals surface area contributed by atoms with Gasteiger partial charge in [0.1, 0.15) is 16.7 Å². The minimum absolute atomic E-state index is 0.539. The van der Waals surface area contributed by atoms with E-state index in [0.29, 0.717) is 17.5 Å². The normalized spacial score (nSPS) is 12.2. The minimum atomic E-state index is 0.539. The van der Waals surface area contributed by atoms with Crippen molar-refractivity contribution < 1.29 is 8.83 Å². The average molecular weight is 920 g/mol. The van der Waals surface area contributed by atoms with Crippen molar-refractivity contribution in [1.29, 1.82) is 0 Å². The molecular weight excluding hydrogens is 883 g/mol. The number of aromatic nitrogens is 5. The zero-order chi connectivity index (χ0) is 47.0. The molecule has 0 amide bonds. The Bertz CT molecular complexity index is 4940. The quantitative estimate of drug-likeness (QED) is 0.172. The largest absolute Gasteiger partial charge is 0.456 e. The number of benzene rings is 11. The second kappa shape index (κ2) is 14.8. The first-order chi connectivity index (χ1) is 35.7. The van der Waals surface area contributed by atoms with Crippen LogP contribution in [0.3, 0.4) is 0 Å². The smallest absolute Gasteiger partial charge is 0.164 e. The second-order valence-electron chi connectivity index (χ2n) is 18.7. The van der Waals surface area contributed by atoms with Crippen molar-refractivity contribution in [3.8, 4) is 45.5 Å². The van der Waals surface area contributed by atoms with Crippen molar-refractivity contribution in [2.75, 3.05) is 0 Å². The van der Waals surface area contributed by atoms with Crippen LogP contribution in [0.25, 0.3) is 155 Å². The molecule has 0 fully saturated rings. The summed E-state index contributed by atoms with van der Waals surface area (Å²) < 4.78 is 18.1. The van der Waals surface area contributed by atoms with E-state index >= 15 is 0 Å². The average Bonchev–Trinajstić information content (AvgIpc) is 4.20. The van der Waals surface area contributed by atoms with Crippen LogP contribution in [0.4, 0.5) is 0 Å². The molecule has 0 N–H and O–H groups in total. The summed E-state index contributed by atoms with van der Waals surface area (Å²) in [5.41, 5.74) is 12.2. The Morgan fingerprint density at radius 1 is 0.319 bits per heavy atom. The van der Waals surface area contributed by atoms with Gasteiger partial charge in [0.25, 0.3) is 0 Å². The molecule has 7 nitrogen and oxygen atoms in total. The molecule has 0 aliphatic rings. The monoisotopic (exact) mass is 919 g/mol. The predicted molar refractivity (Wildman–Crippen MR) is 294 cm³/mol. The van der Waals surface area contributed by atoms with Crippen molar-refractivity contribution in [3.05, 3.63) is 224 Å². The first kappa shape index (κ1) is 39.0. The van der Waals surface area contributed by atoms with E-state index in [2.05, 4.69) is 191 Å². The van der Waals surface area contributed by atoms with E-state index in [1.807, 2.05) is 42.5 Å². The maximum absolute atomic E-state index is 7.10. The van der Waals surface area contributed by atoms with Crippen LogP contribution in [0.5, 0.6) is 0 Å². The first-order valence-electron chi connectivity index (χ1n) is 24.2. The summed E-state index contributed by atoms with van der Waals surface area (Å²) in [5.74, 6) is 1.65. The zero-order valence-electron chi connectivity index (χ0n) is 38.4. The fraction of sp³-hybridized carbons (Fsp3) is 0. The van der Waals surface area contributed by atoms with Crippen LogP contribution in [0.1, 0.15) is 0 Å². The van der Waals surface area contributed by atoms with Gasteiger partial charge in [-0.2, -0.15) is 0 Å². The van der Waals surface area contributed by atoms with Gasteiger partial charge in [-0.3, -0.25) is 0 Å². The van der Waals surface area contributed by atoms with E-state index in [1.54, 1.807) is 0 Å². The zero-order valence-corrected chi connectivity index (χ0v) is 38.4. The van der Waals surface area contributed by atoms with E-state index in [0.717, 1.165) is 99.4 Å². The Morgan fingerprint density at radius 3 is 1.75 bits per heavy atom. The van der Waals surface area contributed by atoms with E-state index in [9.17, 15) is 0 Å². The van der Waals surface area contributed by atoms with Gasteiger partial charge >= 0.3 is 0 Å². The van der Waals surface area contributed by atoms with E-state index in [-0.39, 0.29) is 0 Å². The molecule has 0 unspecified atom stereocenters. The topological polar surface area (TPSA) is 74.8 Å².